The van der Waals surface area contributed by atoms with Crippen LogP contribution >= 0.6 is 22.9 Å². The molecule has 29 heavy (non-hydrogen) atoms. The molecule has 0 aliphatic carbocycles. The number of anilines is 1. The Morgan fingerprint density at radius 2 is 2.31 bits per heavy atom. The molecule has 1 saturated heterocycles. The van der Waals surface area contributed by atoms with Gasteiger partial charge >= 0.3 is 0 Å². The van der Waals surface area contributed by atoms with Crippen LogP contribution < -0.4 is 5.32 Å². The molecule has 1 unspecified atom stereocenters. The minimum atomic E-state index is -0.139. The van der Waals surface area contributed by atoms with Crippen molar-refractivity contribution in [3.8, 4) is 0 Å². The summed E-state index contributed by atoms with van der Waals surface area (Å²) in [6.45, 7) is 5.37. The number of carbonyl (C=O) groups excluding carboxylic acids is 1. The fourth-order valence-corrected chi connectivity index (χ4v) is 4.83. The molecule has 1 atom stereocenters. The highest BCUT2D eigenvalue weighted by Crippen LogP contribution is 2.35. The van der Waals surface area contributed by atoms with Crippen molar-refractivity contribution < 1.29 is 9.21 Å². The van der Waals surface area contributed by atoms with E-state index in [-0.39, 0.29) is 11.9 Å². The van der Waals surface area contributed by atoms with Crippen LogP contribution in [0.15, 0.2) is 34.9 Å². The van der Waals surface area contributed by atoms with Crippen molar-refractivity contribution >= 4 is 34.0 Å². The molecule has 4 rings (SSSR count). The number of rotatable bonds is 6. The van der Waals surface area contributed by atoms with Crippen LogP contribution in [-0.4, -0.2) is 33.9 Å². The third-order valence-electron chi connectivity index (χ3n) is 4.96. The molecule has 0 radical (unpaired) electrons. The number of thiazole rings is 1. The highest BCUT2D eigenvalue weighted by atomic mass is 35.5. The smallest absolute Gasteiger partial charge is 0.266 e. The molecule has 0 spiro atoms. The predicted molar refractivity (Wildman–Crippen MR) is 115 cm³/mol. The van der Waals surface area contributed by atoms with E-state index in [2.05, 4.69) is 15.3 Å². The summed E-state index contributed by atoms with van der Waals surface area (Å²) in [6.07, 6.45) is 4.15. The summed E-state index contributed by atoms with van der Waals surface area (Å²) in [5, 5.41) is 4.67. The quantitative estimate of drug-likeness (QED) is 0.589. The van der Waals surface area contributed by atoms with E-state index in [1.165, 1.54) is 11.3 Å². The van der Waals surface area contributed by atoms with Crippen molar-refractivity contribution in [3.05, 3.63) is 63.3 Å². The number of hydrogen-bond donors (Lipinski definition) is 1. The zero-order chi connectivity index (χ0) is 20.4. The second-order valence-electron chi connectivity index (χ2n) is 7.09. The first kappa shape index (κ1) is 19.9. The van der Waals surface area contributed by atoms with E-state index in [4.69, 9.17) is 16.0 Å². The Morgan fingerprint density at radius 3 is 3.10 bits per heavy atom. The minimum absolute atomic E-state index is 0.00115. The van der Waals surface area contributed by atoms with Crippen LogP contribution in [-0.2, 0) is 6.42 Å². The van der Waals surface area contributed by atoms with Crippen molar-refractivity contribution in [1.82, 2.24) is 14.9 Å². The van der Waals surface area contributed by atoms with Crippen LogP contribution in [0.1, 0.15) is 58.4 Å². The number of oxazole rings is 1. The fraction of sp³-hybridized carbons (Fsp3) is 0.381. The Labute approximate surface area is 178 Å². The van der Waals surface area contributed by atoms with Gasteiger partial charge in [0.25, 0.3) is 5.91 Å². The van der Waals surface area contributed by atoms with Gasteiger partial charge in [0.15, 0.2) is 5.13 Å². The van der Waals surface area contributed by atoms with Crippen molar-refractivity contribution in [3.63, 3.8) is 0 Å². The maximum Gasteiger partial charge on any atom is 0.266 e. The highest BCUT2D eigenvalue weighted by Gasteiger charge is 2.35. The molecule has 0 bridgehead atoms. The lowest BCUT2D eigenvalue weighted by atomic mass is 10.1. The van der Waals surface area contributed by atoms with Gasteiger partial charge in [-0.05, 0) is 44.4 Å². The third kappa shape index (κ3) is 4.31. The van der Waals surface area contributed by atoms with E-state index in [0.717, 1.165) is 41.5 Å². The molecular formula is C21H23ClN4O2S. The molecule has 2 aromatic heterocycles. The first-order chi connectivity index (χ1) is 14.0. The maximum absolute atomic E-state index is 13.2. The van der Waals surface area contributed by atoms with Crippen molar-refractivity contribution in [2.24, 2.45) is 0 Å². The lowest BCUT2D eigenvalue weighted by molar-refractivity contribution is 0.0718. The zero-order valence-electron chi connectivity index (χ0n) is 16.4. The summed E-state index contributed by atoms with van der Waals surface area (Å²) < 4.78 is 6.03. The Morgan fingerprint density at radius 1 is 1.45 bits per heavy atom. The van der Waals surface area contributed by atoms with Crippen molar-refractivity contribution in [2.45, 2.75) is 39.2 Å². The number of nitrogens with zero attached hydrogens (tertiary/aromatic N) is 3. The number of carbonyl (C=O) groups is 1. The number of benzene rings is 1. The molecule has 1 N–H and O–H groups in total. The topological polar surface area (TPSA) is 71.3 Å². The van der Waals surface area contributed by atoms with E-state index in [0.29, 0.717) is 28.8 Å². The molecule has 1 fully saturated rings. The predicted octanol–water partition coefficient (Wildman–Crippen LogP) is 5.09. The summed E-state index contributed by atoms with van der Waals surface area (Å²) in [7, 11) is 0. The fourth-order valence-electron chi connectivity index (χ4n) is 3.63. The summed E-state index contributed by atoms with van der Waals surface area (Å²) in [5.74, 6) is 1.37. The van der Waals surface area contributed by atoms with Gasteiger partial charge in [0.05, 0.1) is 11.9 Å². The Kier molecular flexibility index (Phi) is 5.87. The molecule has 8 heteroatoms. The summed E-state index contributed by atoms with van der Waals surface area (Å²) >= 11 is 7.47. The van der Waals surface area contributed by atoms with Gasteiger partial charge in [-0.25, -0.2) is 9.97 Å². The van der Waals surface area contributed by atoms with Crippen LogP contribution in [0.25, 0.3) is 0 Å². The van der Waals surface area contributed by atoms with Crippen molar-refractivity contribution in [1.29, 1.82) is 0 Å². The third-order valence-corrected chi connectivity index (χ3v) is 6.29. The molecule has 1 amide bonds. The van der Waals surface area contributed by atoms with Gasteiger partial charge in [-0.1, -0.05) is 35.1 Å². The minimum Gasteiger partial charge on any atom is -0.443 e. The maximum atomic E-state index is 13.2. The number of likely N-dealkylation sites (tertiary alicyclic amines) is 1. The standard InChI is InChI=1S/C21H23ClN4O2S/c1-3-23-21-25-13(2)18(29-21)20(27)26-9-5-8-17(26)19-24-12-16(28-19)11-14-6-4-7-15(22)10-14/h4,6-7,10,12,17H,3,5,8-9,11H2,1-2H3,(H,23,25). The zero-order valence-corrected chi connectivity index (χ0v) is 18.0. The molecule has 3 aromatic rings. The Balaban J connectivity index is 1.51. The van der Waals surface area contributed by atoms with E-state index in [1.54, 1.807) is 6.20 Å². The first-order valence-electron chi connectivity index (χ1n) is 9.76. The van der Waals surface area contributed by atoms with Crippen molar-refractivity contribution in [2.75, 3.05) is 18.4 Å². The molecule has 6 nitrogen and oxygen atoms in total. The monoisotopic (exact) mass is 430 g/mol. The summed E-state index contributed by atoms with van der Waals surface area (Å²) in [4.78, 5) is 24.7. The summed E-state index contributed by atoms with van der Waals surface area (Å²) in [5.41, 5.74) is 1.83. The van der Waals surface area contributed by atoms with E-state index in [9.17, 15) is 4.79 Å². The normalized spacial score (nSPS) is 16.4. The van der Waals surface area contributed by atoms with Gasteiger partial charge in [-0.15, -0.1) is 0 Å². The largest absolute Gasteiger partial charge is 0.443 e. The number of aryl methyl sites for hydroxylation is 1. The average molecular weight is 431 g/mol. The number of halogens is 1. The molecular weight excluding hydrogens is 408 g/mol. The SMILES string of the molecule is CCNc1nc(C)c(C(=O)N2CCCC2c2ncc(Cc3cccc(Cl)c3)o2)s1. The number of nitrogens with one attached hydrogen (secondary N) is 1. The summed E-state index contributed by atoms with van der Waals surface area (Å²) in [6, 6.07) is 7.56. The van der Waals surface area contributed by atoms with Gasteiger partial charge in [0.1, 0.15) is 16.7 Å². The van der Waals surface area contributed by atoms with Gasteiger partial charge < -0.3 is 14.6 Å². The van der Waals surface area contributed by atoms with Crippen LogP contribution in [0, 0.1) is 6.92 Å². The highest BCUT2D eigenvalue weighted by molar-refractivity contribution is 7.17. The molecule has 1 aromatic carbocycles. The van der Waals surface area contributed by atoms with Crippen LogP contribution in [0.4, 0.5) is 5.13 Å². The lowest BCUT2D eigenvalue weighted by Crippen LogP contribution is -2.30. The second kappa shape index (κ2) is 8.55. The van der Waals surface area contributed by atoms with Crippen LogP contribution in [0.2, 0.25) is 5.02 Å². The molecule has 152 valence electrons. The lowest BCUT2D eigenvalue weighted by Gasteiger charge is -2.21. The number of hydrogen-bond acceptors (Lipinski definition) is 6. The number of amides is 1. The Bertz CT molecular complexity index is 1020. The van der Waals surface area contributed by atoms with E-state index >= 15 is 0 Å². The number of aromatic nitrogens is 2. The van der Waals surface area contributed by atoms with E-state index < -0.39 is 0 Å². The Hall–Kier alpha value is -2.38. The van der Waals surface area contributed by atoms with Gasteiger partial charge in [-0.2, -0.15) is 0 Å². The molecule has 1 aliphatic heterocycles. The molecule has 1 aliphatic rings. The first-order valence-corrected chi connectivity index (χ1v) is 11.0. The van der Waals surface area contributed by atoms with Gasteiger partial charge in [0.2, 0.25) is 5.89 Å². The van der Waals surface area contributed by atoms with Gasteiger partial charge in [0, 0.05) is 24.5 Å². The molecule has 0 saturated carbocycles. The molecule has 3 heterocycles. The van der Waals surface area contributed by atoms with E-state index in [1.807, 2.05) is 43.0 Å². The van der Waals surface area contributed by atoms with Gasteiger partial charge in [-0.3, -0.25) is 4.79 Å². The van der Waals surface area contributed by atoms with Crippen LogP contribution in [0.3, 0.4) is 0 Å². The second-order valence-corrected chi connectivity index (χ2v) is 8.53. The van der Waals surface area contributed by atoms with Crippen LogP contribution in [0.5, 0.6) is 0 Å². The average Bonchev–Trinajstić information content (AvgIpc) is 3.41.